The molecule has 4 aromatic heterocycles. The average Bonchev–Trinajstić information content (AvgIpc) is 4.05. The van der Waals surface area contributed by atoms with Gasteiger partial charge in [-0.2, -0.15) is 0 Å². The Hall–Kier alpha value is -8.08. The van der Waals surface area contributed by atoms with Crippen LogP contribution in [-0.4, -0.2) is 13.7 Å². The molecular formula is C56H35N3O. The van der Waals surface area contributed by atoms with Gasteiger partial charge in [0.15, 0.2) is 0 Å². The Balaban J connectivity index is 0.983. The van der Waals surface area contributed by atoms with Crippen LogP contribution in [0.2, 0.25) is 0 Å². The summed E-state index contributed by atoms with van der Waals surface area (Å²) in [5.74, 6) is 0. The van der Waals surface area contributed by atoms with Crippen LogP contribution in [0.5, 0.6) is 0 Å². The summed E-state index contributed by atoms with van der Waals surface area (Å²) in [6.07, 6.45) is 0. The normalized spacial score (nSPS) is 12.0. The molecule has 0 saturated carbocycles. The van der Waals surface area contributed by atoms with Crippen LogP contribution in [0.25, 0.3) is 116 Å². The second-order valence-electron chi connectivity index (χ2n) is 15.7. The van der Waals surface area contributed by atoms with E-state index in [1.165, 1.54) is 65.8 Å². The molecule has 0 N–H and O–H groups in total. The molecule has 0 saturated heterocycles. The third kappa shape index (κ3) is 4.73. The minimum Gasteiger partial charge on any atom is -0.439 e. The van der Waals surface area contributed by atoms with E-state index in [1.54, 1.807) is 0 Å². The summed E-state index contributed by atoms with van der Waals surface area (Å²) in [4.78, 5) is 0. The van der Waals surface area contributed by atoms with E-state index in [0.29, 0.717) is 0 Å². The van der Waals surface area contributed by atoms with Crippen molar-refractivity contribution in [3.05, 3.63) is 212 Å². The number of rotatable bonds is 5. The zero-order chi connectivity index (χ0) is 39.3. The number of aromatic nitrogens is 3. The van der Waals surface area contributed by atoms with Crippen molar-refractivity contribution in [2.45, 2.75) is 0 Å². The van der Waals surface area contributed by atoms with E-state index in [9.17, 15) is 0 Å². The summed E-state index contributed by atoms with van der Waals surface area (Å²) < 4.78 is 13.7. The lowest BCUT2D eigenvalue weighted by Crippen LogP contribution is -1.96. The number of para-hydroxylation sites is 6. The van der Waals surface area contributed by atoms with Gasteiger partial charge < -0.3 is 13.6 Å². The smallest absolute Gasteiger partial charge is 0.213 e. The Morgan fingerprint density at radius 1 is 0.300 bits per heavy atom. The van der Waals surface area contributed by atoms with E-state index >= 15 is 0 Å². The summed E-state index contributed by atoms with van der Waals surface area (Å²) in [6.45, 7) is 0. The Labute approximate surface area is 345 Å². The van der Waals surface area contributed by atoms with Gasteiger partial charge in [-0.1, -0.05) is 133 Å². The van der Waals surface area contributed by atoms with Gasteiger partial charge in [-0.25, -0.2) is 0 Å². The van der Waals surface area contributed by atoms with Crippen molar-refractivity contribution in [3.63, 3.8) is 0 Å². The topological polar surface area (TPSA) is 27.9 Å². The molecule has 4 nitrogen and oxygen atoms in total. The van der Waals surface area contributed by atoms with E-state index in [-0.39, 0.29) is 0 Å². The summed E-state index contributed by atoms with van der Waals surface area (Å²) in [5.41, 5.74) is 15.7. The van der Waals surface area contributed by atoms with Crippen molar-refractivity contribution < 1.29 is 4.42 Å². The molecule has 0 spiro atoms. The molecule has 0 atom stereocenters. The van der Waals surface area contributed by atoms with E-state index < -0.39 is 0 Å². The monoisotopic (exact) mass is 765 g/mol. The molecule has 0 aliphatic rings. The maximum atomic E-state index is 6.65. The molecule has 9 aromatic carbocycles. The minimum absolute atomic E-state index is 0.861. The van der Waals surface area contributed by atoms with Gasteiger partial charge in [-0.3, -0.25) is 4.57 Å². The lowest BCUT2D eigenvalue weighted by Gasteiger charge is -2.13. The van der Waals surface area contributed by atoms with Crippen LogP contribution in [0.4, 0.5) is 0 Å². The zero-order valence-corrected chi connectivity index (χ0v) is 32.5. The number of benzene rings is 9. The minimum atomic E-state index is 0.861. The lowest BCUT2D eigenvalue weighted by atomic mass is 10.0. The van der Waals surface area contributed by atoms with Gasteiger partial charge in [0, 0.05) is 54.9 Å². The van der Waals surface area contributed by atoms with E-state index in [1.807, 2.05) is 6.07 Å². The van der Waals surface area contributed by atoms with Crippen molar-refractivity contribution in [1.82, 2.24) is 13.7 Å². The maximum absolute atomic E-state index is 6.65. The number of fused-ring (bicyclic) bond motifs is 11. The molecule has 0 radical (unpaired) electrons. The highest BCUT2D eigenvalue weighted by Gasteiger charge is 2.23. The largest absolute Gasteiger partial charge is 0.439 e. The molecule has 4 heteroatoms. The highest BCUT2D eigenvalue weighted by molar-refractivity contribution is 6.22. The summed E-state index contributed by atoms with van der Waals surface area (Å²) >= 11 is 0. The summed E-state index contributed by atoms with van der Waals surface area (Å²) in [7, 11) is 0. The van der Waals surface area contributed by atoms with Gasteiger partial charge in [-0.05, 0) is 95.6 Å². The Morgan fingerprint density at radius 3 is 1.47 bits per heavy atom. The predicted octanol–water partition coefficient (Wildman–Crippen LogP) is 15.1. The average molecular weight is 766 g/mol. The van der Waals surface area contributed by atoms with E-state index in [2.05, 4.69) is 220 Å². The third-order valence-electron chi connectivity index (χ3n) is 12.4. The van der Waals surface area contributed by atoms with Crippen LogP contribution < -0.4 is 0 Å². The van der Waals surface area contributed by atoms with E-state index in [4.69, 9.17) is 4.42 Å². The number of nitrogens with zero attached hydrogens (tertiary/aromatic N) is 3. The molecule has 13 aromatic rings. The van der Waals surface area contributed by atoms with Gasteiger partial charge in [0.2, 0.25) is 5.71 Å². The molecule has 280 valence electrons. The maximum Gasteiger partial charge on any atom is 0.213 e. The van der Waals surface area contributed by atoms with Crippen molar-refractivity contribution in [3.8, 4) is 39.3 Å². The quantitative estimate of drug-likeness (QED) is 0.171. The highest BCUT2D eigenvalue weighted by Crippen LogP contribution is 2.44. The molecule has 13 rings (SSSR count). The van der Waals surface area contributed by atoms with Crippen LogP contribution in [-0.2, 0) is 0 Å². The number of hydrogen-bond acceptors (Lipinski definition) is 1. The second kappa shape index (κ2) is 12.7. The highest BCUT2D eigenvalue weighted by atomic mass is 16.3. The lowest BCUT2D eigenvalue weighted by molar-refractivity contribution is 0.645. The van der Waals surface area contributed by atoms with Crippen molar-refractivity contribution in [2.24, 2.45) is 0 Å². The summed E-state index contributed by atoms with van der Waals surface area (Å²) in [5, 5.41) is 8.41. The van der Waals surface area contributed by atoms with Crippen LogP contribution in [0, 0.1) is 0 Å². The molecule has 0 aliphatic carbocycles. The Morgan fingerprint density at radius 2 is 0.800 bits per heavy atom. The number of furan rings is 1. The Kier molecular flexibility index (Phi) is 6.98. The number of hydrogen-bond donors (Lipinski definition) is 0. The van der Waals surface area contributed by atoms with Crippen molar-refractivity contribution in [1.29, 1.82) is 0 Å². The van der Waals surface area contributed by atoms with Crippen molar-refractivity contribution >= 4 is 76.6 Å². The fourth-order valence-corrected chi connectivity index (χ4v) is 9.85. The molecule has 0 unspecified atom stereocenters. The molecule has 0 fully saturated rings. The first-order chi connectivity index (χ1) is 29.8. The molecule has 0 bridgehead atoms. The second-order valence-corrected chi connectivity index (χ2v) is 15.7. The van der Waals surface area contributed by atoms with Gasteiger partial charge in [-0.15, -0.1) is 0 Å². The summed E-state index contributed by atoms with van der Waals surface area (Å²) in [6, 6.07) is 76.6. The fraction of sp³-hybridized carbons (Fsp3) is 0. The first kappa shape index (κ1) is 32.9. The van der Waals surface area contributed by atoms with Gasteiger partial charge in [0.05, 0.1) is 33.0 Å². The third-order valence-corrected chi connectivity index (χ3v) is 12.4. The van der Waals surface area contributed by atoms with Gasteiger partial charge in [0.25, 0.3) is 0 Å². The fourth-order valence-electron chi connectivity index (χ4n) is 9.85. The molecule has 0 amide bonds. The van der Waals surface area contributed by atoms with Gasteiger partial charge in [0.1, 0.15) is 5.58 Å². The van der Waals surface area contributed by atoms with Crippen molar-refractivity contribution in [2.75, 3.05) is 0 Å². The standard InChI is InChI=1S/C56H35N3O/c1-3-16-39(17-4-1)57-49-26-10-7-21-43(49)47-34-36(29-31-51(47)57)37-30-32-52-48(35-37)44-22-8-11-27-50(44)58(52)41-20-13-15-38(33-41)42-24-14-25-46-54-45-23-9-12-28-53(45)60-56(54)59(55(42)46)40-18-5-2-6-19-40/h1-35H. The first-order valence-electron chi connectivity index (χ1n) is 20.5. The SMILES string of the molecule is c1ccc(-n2c3ccccc3c3cc(-c4ccc5c(c4)c4ccccc4n5-c4cccc(-c5cccc6c7c8ccccc8oc7n(-c7ccccc7)c56)c4)ccc32)cc1. The Bertz CT molecular complexity index is 3820. The van der Waals surface area contributed by atoms with Crippen LogP contribution in [0.1, 0.15) is 0 Å². The molecular weight excluding hydrogens is 731 g/mol. The molecule has 0 aliphatic heterocycles. The van der Waals surface area contributed by atoms with Crippen LogP contribution >= 0.6 is 0 Å². The van der Waals surface area contributed by atoms with Crippen LogP contribution in [0.3, 0.4) is 0 Å². The zero-order valence-electron chi connectivity index (χ0n) is 32.5. The van der Waals surface area contributed by atoms with Gasteiger partial charge >= 0.3 is 0 Å². The van der Waals surface area contributed by atoms with Crippen LogP contribution in [0.15, 0.2) is 217 Å². The first-order valence-corrected chi connectivity index (χ1v) is 20.5. The molecule has 4 heterocycles. The van der Waals surface area contributed by atoms with E-state index in [0.717, 1.165) is 50.1 Å². The predicted molar refractivity (Wildman–Crippen MR) is 250 cm³/mol. The molecule has 60 heavy (non-hydrogen) atoms.